The molecular formula is C8H13NO2. The molecule has 1 amide bonds. The van der Waals surface area contributed by atoms with Gasteiger partial charge in [0.2, 0.25) is 0 Å². The van der Waals surface area contributed by atoms with Gasteiger partial charge in [0.15, 0.2) is 0 Å². The van der Waals surface area contributed by atoms with Gasteiger partial charge in [-0.15, -0.1) is 0 Å². The monoisotopic (exact) mass is 155 g/mol. The number of aliphatic hydroxyl groups is 1. The summed E-state index contributed by atoms with van der Waals surface area (Å²) in [5.74, 6) is 4.53. The van der Waals surface area contributed by atoms with E-state index < -0.39 is 0 Å². The molecule has 0 aromatic rings. The van der Waals surface area contributed by atoms with E-state index in [0.717, 1.165) is 0 Å². The van der Waals surface area contributed by atoms with Gasteiger partial charge in [0, 0.05) is 6.54 Å². The molecule has 0 aliphatic rings. The lowest BCUT2D eigenvalue weighted by atomic mass is 10.3. The van der Waals surface area contributed by atoms with Crippen molar-refractivity contribution in [3.05, 3.63) is 0 Å². The van der Waals surface area contributed by atoms with Gasteiger partial charge < -0.3 is 10.4 Å². The van der Waals surface area contributed by atoms with Gasteiger partial charge in [-0.05, 0) is 26.2 Å². The molecule has 0 fully saturated rings. The van der Waals surface area contributed by atoms with Crippen molar-refractivity contribution in [2.45, 2.75) is 26.4 Å². The third-order valence-electron chi connectivity index (χ3n) is 1.09. The first-order chi connectivity index (χ1) is 5.16. The fourth-order valence-electron chi connectivity index (χ4n) is 0.552. The molecule has 2 N–H and O–H groups in total. The number of hydrogen-bond donors (Lipinski definition) is 2. The lowest BCUT2D eigenvalue weighted by molar-refractivity contribution is -0.115. The van der Waals surface area contributed by atoms with Crippen molar-refractivity contribution in [3.8, 4) is 11.8 Å². The van der Waals surface area contributed by atoms with Crippen molar-refractivity contribution in [1.82, 2.24) is 5.32 Å². The van der Waals surface area contributed by atoms with Crippen molar-refractivity contribution in [2.75, 3.05) is 6.54 Å². The maximum atomic E-state index is 10.7. The lowest BCUT2D eigenvalue weighted by Crippen LogP contribution is -2.24. The van der Waals surface area contributed by atoms with Gasteiger partial charge in [0.1, 0.15) is 0 Å². The van der Waals surface area contributed by atoms with Crippen LogP contribution in [-0.2, 0) is 4.79 Å². The number of carbonyl (C=O) groups excluding carboxylic acids is 1. The van der Waals surface area contributed by atoms with E-state index in [1.54, 1.807) is 13.8 Å². The van der Waals surface area contributed by atoms with Crippen LogP contribution in [0.15, 0.2) is 0 Å². The van der Waals surface area contributed by atoms with E-state index in [1.165, 1.54) is 0 Å². The van der Waals surface area contributed by atoms with Gasteiger partial charge in [-0.25, -0.2) is 0 Å². The van der Waals surface area contributed by atoms with Crippen LogP contribution in [0.2, 0.25) is 0 Å². The molecule has 0 saturated carbocycles. The van der Waals surface area contributed by atoms with Crippen LogP contribution >= 0.6 is 0 Å². The van der Waals surface area contributed by atoms with Crippen LogP contribution in [0.25, 0.3) is 0 Å². The predicted octanol–water partition coefficient (Wildman–Crippen LogP) is -0.103. The van der Waals surface area contributed by atoms with Gasteiger partial charge in [-0.1, -0.05) is 5.92 Å². The van der Waals surface area contributed by atoms with E-state index in [0.29, 0.717) is 13.0 Å². The standard InChI is InChI=1S/C8H13NO2/c1-3-4-8(11)9-6-5-7(2)10/h7,10H,5-6H2,1-2H3,(H,9,11)/t7-/m0/s1. The first kappa shape index (κ1) is 9.99. The second-order valence-electron chi connectivity index (χ2n) is 2.27. The molecule has 0 aliphatic carbocycles. The number of amides is 1. The molecule has 0 aromatic carbocycles. The normalized spacial score (nSPS) is 11.2. The molecule has 0 radical (unpaired) electrons. The lowest BCUT2D eigenvalue weighted by Gasteiger charge is -2.02. The molecule has 1 atom stereocenters. The van der Waals surface area contributed by atoms with Crippen molar-refractivity contribution >= 4 is 5.91 Å². The SMILES string of the molecule is CC#CC(=O)NCC[C@H](C)O. The molecule has 0 unspecified atom stereocenters. The van der Waals surface area contributed by atoms with E-state index in [-0.39, 0.29) is 12.0 Å². The van der Waals surface area contributed by atoms with Gasteiger partial charge in [0.25, 0.3) is 5.91 Å². The summed E-state index contributed by atoms with van der Waals surface area (Å²) in [6.45, 7) is 3.76. The first-order valence-electron chi connectivity index (χ1n) is 3.55. The van der Waals surface area contributed by atoms with Crippen LogP contribution in [0.1, 0.15) is 20.3 Å². The molecule has 0 aliphatic heterocycles. The highest BCUT2D eigenvalue weighted by atomic mass is 16.3. The smallest absolute Gasteiger partial charge is 0.295 e. The average Bonchev–Trinajstić information content (AvgIpc) is 1.87. The van der Waals surface area contributed by atoms with Gasteiger partial charge in [-0.2, -0.15) is 0 Å². The van der Waals surface area contributed by atoms with Crippen LogP contribution < -0.4 is 5.32 Å². The van der Waals surface area contributed by atoms with Gasteiger partial charge in [0.05, 0.1) is 6.10 Å². The Morgan fingerprint density at radius 1 is 1.73 bits per heavy atom. The van der Waals surface area contributed by atoms with Crippen LogP contribution in [0.5, 0.6) is 0 Å². The molecule has 0 rings (SSSR count). The summed E-state index contributed by atoms with van der Waals surface area (Å²) < 4.78 is 0. The molecule has 0 spiro atoms. The molecule has 0 saturated heterocycles. The topological polar surface area (TPSA) is 49.3 Å². The second-order valence-corrected chi connectivity index (χ2v) is 2.27. The molecule has 3 heteroatoms. The number of rotatable bonds is 3. The number of hydrogen-bond acceptors (Lipinski definition) is 2. The predicted molar refractivity (Wildman–Crippen MR) is 42.8 cm³/mol. The number of carbonyl (C=O) groups is 1. The van der Waals surface area contributed by atoms with E-state index in [2.05, 4.69) is 17.2 Å². The molecule has 0 heterocycles. The Kier molecular flexibility index (Phi) is 5.22. The molecular weight excluding hydrogens is 142 g/mol. The Morgan fingerprint density at radius 2 is 2.36 bits per heavy atom. The fraction of sp³-hybridized carbons (Fsp3) is 0.625. The summed E-state index contributed by atoms with van der Waals surface area (Å²) in [7, 11) is 0. The zero-order valence-corrected chi connectivity index (χ0v) is 6.85. The maximum Gasteiger partial charge on any atom is 0.295 e. The number of aliphatic hydroxyl groups excluding tert-OH is 1. The number of nitrogens with one attached hydrogen (secondary N) is 1. The fourth-order valence-corrected chi connectivity index (χ4v) is 0.552. The largest absolute Gasteiger partial charge is 0.393 e. The third-order valence-corrected chi connectivity index (χ3v) is 1.09. The van der Waals surface area contributed by atoms with Gasteiger partial charge in [-0.3, -0.25) is 4.79 Å². The van der Waals surface area contributed by atoms with E-state index >= 15 is 0 Å². The van der Waals surface area contributed by atoms with E-state index in [1.807, 2.05) is 0 Å². The maximum absolute atomic E-state index is 10.7. The van der Waals surface area contributed by atoms with Crippen molar-refractivity contribution in [3.63, 3.8) is 0 Å². The Hall–Kier alpha value is -1.01. The van der Waals surface area contributed by atoms with Crippen molar-refractivity contribution in [1.29, 1.82) is 0 Å². The summed E-state index contributed by atoms with van der Waals surface area (Å²) in [6, 6.07) is 0. The Balaban J connectivity index is 3.37. The summed E-state index contributed by atoms with van der Waals surface area (Å²) in [5, 5.41) is 11.4. The van der Waals surface area contributed by atoms with Crippen LogP contribution in [0.3, 0.4) is 0 Å². The molecule has 0 bridgehead atoms. The highest BCUT2D eigenvalue weighted by Crippen LogP contribution is 1.84. The van der Waals surface area contributed by atoms with Crippen LogP contribution in [-0.4, -0.2) is 23.7 Å². The minimum absolute atomic E-state index is 0.284. The molecule has 62 valence electrons. The van der Waals surface area contributed by atoms with Crippen LogP contribution in [0.4, 0.5) is 0 Å². The highest BCUT2D eigenvalue weighted by Gasteiger charge is 1.96. The summed E-state index contributed by atoms with van der Waals surface area (Å²) >= 11 is 0. The van der Waals surface area contributed by atoms with Crippen molar-refractivity contribution < 1.29 is 9.90 Å². The minimum Gasteiger partial charge on any atom is -0.393 e. The zero-order chi connectivity index (χ0) is 8.69. The minimum atomic E-state index is -0.370. The second kappa shape index (κ2) is 5.75. The Morgan fingerprint density at radius 3 is 2.82 bits per heavy atom. The average molecular weight is 155 g/mol. The van der Waals surface area contributed by atoms with Crippen LogP contribution in [0, 0.1) is 11.8 Å². The van der Waals surface area contributed by atoms with Crippen molar-refractivity contribution in [2.24, 2.45) is 0 Å². The van der Waals surface area contributed by atoms with Gasteiger partial charge >= 0.3 is 0 Å². The summed E-state index contributed by atoms with van der Waals surface area (Å²) in [6.07, 6.45) is 0.196. The molecule has 11 heavy (non-hydrogen) atoms. The molecule has 3 nitrogen and oxygen atoms in total. The van der Waals surface area contributed by atoms with E-state index in [4.69, 9.17) is 5.11 Å². The first-order valence-corrected chi connectivity index (χ1v) is 3.55. The Labute approximate surface area is 66.8 Å². The highest BCUT2D eigenvalue weighted by molar-refractivity contribution is 5.93. The molecule has 0 aromatic heterocycles. The zero-order valence-electron chi connectivity index (χ0n) is 6.85. The third kappa shape index (κ3) is 6.88. The Bertz CT molecular complexity index is 176. The summed E-state index contributed by atoms with van der Waals surface area (Å²) in [4.78, 5) is 10.7. The quantitative estimate of drug-likeness (QED) is 0.559. The summed E-state index contributed by atoms with van der Waals surface area (Å²) in [5.41, 5.74) is 0. The van der Waals surface area contributed by atoms with E-state index in [9.17, 15) is 4.79 Å².